The topological polar surface area (TPSA) is 84.7 Å². The summed E-state index contributed by atoms with van der Waals surface area (Å²) in [5.41, 5.74) is 8.35. The van der Waals surface area contributed by atoms with Crippen LogP contribution in [0.2, 0.25) is 0 Å². The molecule has 1 saturated carbocycles. The third-order valence-corrected chi connectivity index (χ3v) is 5.40. The zero-order valence-electron chi connectivity index (χ0n) is 14.2. The molecule has 2 heterocycles. The lowest BCUT2D eigenvalue weighted by atomic mass is 10.0. The van der Waals surface area contributed by atoms with Crippen molar-refractivity contribution in [2.24, 2.45) is 5.73 Å². The van der Waals surface area contributed by atoms with E-state index in [-0.39, 0.29) is 24.0 Å². The van der Waals surface area contributed by atoms with Gasteiger partial charge in [-0.3, -0.25) is 9.59 Å². The number of carbonyl (C=O) groups excluding carboxylic acids is 2. The maximum absolute atomic E-state index is 12.7. The van der Waals surface area contributed by atoms with Crippen molar-refractivity contribution >= 4 is 11.8 Å². The molecule has 1 aliphatic carbocycles. The Kier molecular flexibility index (Phi) is 4.00. The first-order valence-corrected chi connectivity index (χ1v) is 8.87. The van der Waals surface area contributed by atoms with Crippen LogP contribution in [0.25, 0.3) is 0 Å². The Hall–Kier alpha value is -2.34. The Morgan fingerprint density at radius 3 is 2.80 bits per heavy atom. The number of rotatable bonds is 3. The fourth-order valence-corrected chi connectivity index (χ4v) is 3.98. The van der Waals surface area contributed by atoms with Crippen molar-refractivity contribution in [1.29, 1.82) is 0 Å². The highest BCUT2D eigenvalue weighted by atomic mass is 16.5. The number of benzene rings is 1. The Balaban J connectivity index is 1.51. The predicted octanol–water partition coefficient (Wildman–Crippen LogP) is 1.69. The van der Waals surface area contributed by atoms with Crippen molar-refractivity contribution in [3.8, 4) is 5.75 Å². The molecule has 3 atom stereocenters. The molecule has 2 fully saturated rings. The second kappa shape index (κ2) is 6.19. The second-order valence-corrected chi connectivity index (χ2v) is 7.15. The van der Waals surface area contributed by atoms with E-state index in [9.17, 15) is 9.59 Å². The quantitative estimate of drug-likeness (QED) is 0.876. The first-order chi connectivity index (χ1) is 12.0. The smallest absolute Gasteiger partial charge is 0.255 e. The summed E-state index contributed by atoms with van der Waals surface area (Å²) < 4.78 is 6.02. The number of allylic oxidation sites excluding steroid dienone is 1. The number of nitrogens with zero attached hydrogens (tertiary/aromatic N) is 1. The van der Waals surface area contributed by atoms with Gasteiger partial charge in [0.2, 0.25) is 5.91 Å². The number of nitrogens with one attached hydrogen (secondary N) is 1. The number of ether oxygens (including phenoxy) is 1. The average molecular weight is 341 g/mol. The fraction of sp³-hybridized carbons (Fsp3) is 0.474. The van der Waals surface area contributed by atoms with Crippen LogP contribution in [-0.4, -0.2) is 34.9 Å². The van der Waals surface area contributed by atoms with Gasteiger partial charge in [0.15, 0.2) is 0 Å². The van der Waals surface area contributed by atoms with Gasteiger partial charge < -0.3 is 20.7 Å². The Labute approximate surface area is 147 Å². The molecule has 25 heavy (non-hydrogen) atoms. The van der Waals surface area contributed by atoms with Gasteiger partial charge in [0, 0.05) is 23.8 Å². The summed E-state index contributed by atoms with van der Waals surface area (Å²) in [7, 11) is 0. The minimum atomic E-state index is -0.432. The molecule has 4 rings (SSSR count). The molecule has 1 aromatic carbocycles. The van der Waals surface area contributed by atoms with Crippen molar-refractivity contribution < 1.29 is 14.3 Å². The molecule has 1 aromatic rings. The number of carbonyl (C=O) groups is 2. The van der Waals surface area contributed by atoms with Crippen LogP contribution in [0, 0.1) is 0 Å². The largest absolute Gasteiger partial charge is 0.489 e. The number of piperidine rings is 1. The molecule has 0 bridgehead atoms. The Morgan fingerprint density at radius 2 is 2.08 bits per heavy atom. The van der Waals surface area contributed by atoms with Gasteiger partial charge in [-0.25, -0.2) is 0 Å². The van der Waals surface area contributed by atoms with E-state index in [1.165, 1.54) is 0 Å². The molecule has 132 valence electrons. The number of amides is 2. The number of hydrogen-bond donors (Lipinski definition) is 2. The first kappa shape index (κ1) is 16.1. The molecule has 2 amide bonds. The SMILES string of the molecule is C=C1CCC(N2Cc3cc(OC4CCCC4N)ccc3C2=O)C(=O)N1. The minimum Gasteiger partial charge on any atom is -0.489 e. The number of nitrogens with two attached hydrogens (primary N) is 1. The summed E-state index contributed by atoms with van der Waals surface area (Å²) >= 11 is 0. The summed E-state index contributed by atoms with van der Waals surface area (Å²) in [5.74, 6) is 0.509. The van der Waals surface area contributed by atoms with Crippen LogP contribution in [0.3, 0.4) is 0 Å². The molecular weight excluding hydrogens is 318 g/mol. The first-order valence-electron chi connectivity index (χ1n) is 8.87. The van der Waals surface area contributed by atoms with Crippen molar-refractivity contribution in [2.45, 2.75) is 56.8 Å². The van der Waals surface area contributed by atoms with E-state index in [0.717, 1.165) is 30.6 Å². The summed E-state index contributed by atoms with van der Waals surface area (Å²) in [5, 5.41) is 2.75. The van der Waals surface area contributed by atoms with Gasteiger partial charge in [0.05, 0.1) is 0 Å². The number of hydrogen-bond acceptors (Lipinski definition) is 4. The van der Waals surface area contributed by atoms with E-state index in [1.54, 1.807) is 11.0 Å². The Bertz CT molecular complexity index is 745. The lowest BCUT2D eigenvalue weighted by Gasteiger charge is -2.30. The molecular formula is C19H23N3O3. The zero-order chi connectivity index (χ0) is 17.6. The van der Waals surface area contributed by atoms with Crippen LogP contribution >= 0.6 is 0 Å². The third kappa shape index (κ3) is 2.91. The van der Waals surface area contributed by atoms with Crippen molar-refractivity contribution in [3.05, 3.63) is 41.6 Å². The standard InChI is InChI=1S/C19H23N3O3/c1-11-5-8-16(18(23)21-11)22-10-12-9-13(6-7-14(12)19(22)24)25-17-4-2-3-15(17)20/h6-7,9,15-17H,1-5,8,10,20H2,(H,21,23). The highest BCUT2D eigenvalue weighted by Crippen LogP contribution is 2.32. The Morgan fingerprint density at radius 1 is 1.24 bits per heavy atom. The van der Waals surface area contributed by atoms with Gasteiger partial charge in [-0.1, -0.05) is 6.58 Å². The summed E-state index contributed by atoms with van der Waals surface area (Å²) in [6, 6.07) is 5.18. The molecule has 3 aliphatic rings. The maximum Gasteiger partial charge on any atom is 0.255 e. The van der Waals surface area contributed by atoms with Crippen LogP contribution < -0.4 is 15.8 Å². The molecule has 0 spiro atoms. The van der Waals surface area contributed by atoms with Gasteiger partial charge >= 0.3 is 0 Å². The highest BCUT2D eigenvalue weighted by Gasteiger charge is 2.38. The van der Waals surface area contributed by atoms with E-state index in [0.29, 0.717) is 30.6 Å². The lowest BCUT2D eigenvalue weighted by molar-refractivity contribution is -0.126. The summed E-state index contributed by atoms with van der Waals surface area (Å²) in [4.78, 5) is 26.6. The third-order valence-electron chi connectivity index (χ3n) is 5.40. The van der Waals surface area contributed by atoms with Crippen molar-refractivity contribution in [2.75, 3.05) is 0 Å². The number of fused-ring (bicyclic) bond motifs is 1. The van der Waals surface area contributed by atoms with Gasteiger partial charge in [0.1, 0.15) is 17.9 Å². The van der Waals surface area contributed by atoms with E-state index in [1.807, 2.05) is 12.1 Å². The van der Waals surface area contributed by atoms with Gasteiger partial charge in [-0.05, 0) is 55.9 Å². The average Bonchev–Trinajstić information content (AvgIpc) is 3.12. The molecule has 3 unspecified atom stereocenters. The predicted molar refractivity (Wildman–Crippen MR) is 92.9 cm³/mol. The van der Waals surface area contributed by atoms with Crippen molar-refractivity contribution in [1.82, 2.24) is 10.2 Å². The summed E-state index contributed by atoms with van der Waals surface area (Å²) in [6.45, 7) is 4.23. The lowest BCUT2D eigenvalue weighted by Crippen LogP contribution is -2.49. The normalized spacial score (nSPS) is 28.9. The van der Waals surface area contributed by atoms with Gasteiger partial charge in [-0.15, -0.1) is 0 Å². The van der Waals surface area contributed by atoms with E-state index in [4.69, 9.17) is 10.5 Å². The maximum atomic E-state index is 12.7. The molecule has 1 saturated heterocycles. The fourth-order valence-electron chi connectivity index (χ4n) is 3.98. The van der Waals surface area contributed by atoms with Crippen LogP contribution in [-0.2, 0) is 11.3 Å². The van der Waals surface area contributed by atoms with Crippen LogP contribution in [0.5, 0.6) is 5.75 Å². The zero-order valence-corrected chi connectivity index (χ0v) is 14.2. The van der Waals surface area contributed by atoms with Crippen LogP contribution in [0.1, 0.15) is 48.0 Å². The molecule has 0 radical (unpaired) electrons. The molecule has 6 heteroatoms. The van der Waals surface area contributed by atoms with Crippen LogP contribution in [0.15, 0.2) is 30.5 Å². The second-order valence-electron chi connectivity index (χ2n) is 7.15. The highest BCUT2D eigenvalue weighted by molar-refractivity contribution is 6.01. The van der Waals surface area contributed by atoms with Gasteiger partial charge in [0.25, 0.3) is 5.91 Å². The summed E-state index contributed by atoms with van der Waals surface area (Å²) in [6.07, 6.45) is 4.40. The molecule has 6 nitrogen and oxygen atoms in total. The van der Waals surface area contributed by atoms with Crippen LogP contribution in [0.4, 0.5) is 0 Å². The molecule has 2 aliphatic heterocycles. The molecule has 0 aromatic heterocycles. The van der Waals surface area contributed by atoms with E-state index < -0.39 is 6.04 Å². The monoisotopic (exact) mass is 341 g/mol. The van der Waals surface area contributed by atoms with Crippen molar-refractivity contribution in [3.63, 3.8) is 0 Å². The van der Waals surface area contributed by atoms with E-state index in [2.05, 4.69) is 11.9 Å². The molecule has 3 N–H and O–H groups in total. The van der Waals surface area contributed by atoms with E-state index >= 15 is 0 Å². The van der Waals surface area contributed by atoms with Gasteiger partial charge in [-0.2, -0.15) is 0 Å². The minimum absolute atomic E-state index is 0.0430.